The van der Waals surface area contributed by atoms with E-state index in [1.165, 1.54) is 12.1 Å². The molecule has 0 aromatic heterocycles. The number of carboxylic acids is 1. The van der Waals surface area contributed by atoms with Crippen LogP contribution < -0.4 is 0 Å². The standard InChI is InChI=1S/C13H10FNO4/c14-9-3-1-2-8(6-9)4-5-11-15-10(7-12(16)17)13(18)19-11/h1-3,6-7H,4-5H2,(H,16,17)/b10-7+. The number of nitrogens with zero attached hydrogens (tertiary/aromatic N) is 1. The van der Waals surface area contributed by atoms with Crippen molar-refractivity contribution >= 4 is 17.8 Å². The van der Waals surface area contributed by atoms with Crippen LogP contribution in [0.1, 0.15) is 12.0 Å². The molecule has 0 atom stereocenters. The Balaban J connectivity index is 2.01. The maximum absolute atomic E-state index is 12.9. The molecule has 1 aliphatic rings. The Morgan fingerprint density at radius 2 is 2.21 bits per heavy atom. The summed E-state index contributed by atoms with van der Waals surface area (Å²) in [5.41, 5.74) is 0.510. The fraction of sp³-hybridized carbons (Fsp3) is 0.154. The highest BCUT2D eigenvalue weighted by Gasteiger charge is 2.23. The predicted molar refractivity (Wildman–Crippen MR) is 64.0 cm³/mol. The number of aliphatic carboxylic acids is 1. The first-order chi connectivity index (χ1) is 9.04. The van der Waals surface area contributed by atoms with E-state index < -0.39 is 11.9 Å². The van der Waals surface area contributed by atoms with Crippen molar-refractivity contribution in [3.8, 4) is 0 Å². The summed E-state index contributed by atoms with van der Waals surface area (Å²) < 4.78 is 17.8. The van der Waals surface area contributed by atoms with E-state index in [2.05, 4.69) is 4.99 Å². The summed E-state index contributed by atoms with van der Waals surface area (Å²) in [6.07, 6.45) is 1.44. The first kappa shape index (κ1) is 12.9. The number of hydrogen-bond acceptors (Lipinski definition) is 4. The molecule has 5 nitrogen and oxygen atoms in total. The van der Waals surface area contributed by atoms with Gasteiger partial charge in [0, 0.05) is 6.42 Å². The lowest BCUT2D eigenvalue weighted by molar-refractivity contribution is -0.133. The Kier molecular flexibility index (Phi) is 3.70. The zero-order chi connectivity index (χ0) is 13.8. The Morgan fingerprint density at radius 1 is 1.42 bits per heavy atom. The van der Waals surface area contributed by atoms with Crippen molar-refractivity contribution in [1.29, 1.82) is 0 Å². The van der Waals surface area contributed by atoms with Gasteiger partial charge in [0.05, 0.1) is 6.08 Å². The van der Waals surface area contributed by atoms with E-state index >= 15 is 0 Å². The third-order valence-electron chi connectivity index (χ3n) is 2.44. The summed E-state index contributed by atoms with van der Waals surface area (Å²) in [6.45, 7) is 0. The summed E-state index contributed by atoms with van der Waals surface area (Å²) in [7, 11) is 0. The maximum Gasteiger partial charge on any atom is 0.363 e. The molecule has 6 heteroatoms. The Morgan fingerprint density at radius 3 is 2.89 bits per heavy atom. The average molecular weight is 263 g/mol. The van der Waals surface area contributed by atoms with Crippen molar-refractivity contribution in [3.63, 3.8) is 0 Å². The minimum absolute atomic E-state index is 0.141. The lowest BCUT2D eigenvalue weighted by atomic mass is 10.1. The largest absolute Gasteiger partial charge is 0.478 e. The van der Waals surface area contributed by atoms with Gasteiger partial charge in [-0.25, -0.2) is 19.0 Å². The Hall–Kier alpha value is -2.50. The van der Waals surface area contributed by atoms with E-state index in [9.17, 15) is 14.0 Å². The third-order valence-corrected chi connectivity index (χ3v) is 2.44. The molecule has 0 spiro atoms. The molecule has 0 amide bonds. The summed E-state index contributed by atoms with van der Waals surface area (Å²) in [5.74, 6) is -2.24. The first-order valence-corrected chi connectivity index (χ1v) is 5.53. The van der Waals surface area contributed by atoms with Gasteiger partial charge in [0.25, 0.3) is 0 Å². The zero-order valence-corrected chi connectivity index (χ0v) is 9.80. The van der Waals surface area contributed by atoms with E-state index in [-0.39, 0.29) is 17.4 Å². The van der Waals surface area contributed by atoms with Crippen molar-refractivity contribution in [2.75, 3.05) is 0 Å². The quantitative estimate of drug-likeness (QED) is 0.662. The number of aliphatic imine (C=N–C) groups is 1. The number of halogens is 1. The Bertz CT molecular complexity index is 592. The molecule has 2 rings (SSSR count). The van der Waals surface area contributed by atoms with Crippen molar-refractivity contribution in [3.05, 3.63) is 47.4 Å². The number of aryl methyl sites for hydroxylation is 1. The van der Waals surface area contributed by atoms with Crippen molar-refractivity contribution in [1.82, 2.24) is 0 Å². The molecule has 98 valence electrons. The number of hydrogen-bond donors (Lipinski definition) is 1. The average Bonchev–Trinajstić information content (AvgIpc) is 2.67. The second kappa shape index (κ2) is 5.43. The molecule has 0 bridgehead atoms. The van der Waals surface area contributed by atoms with Crippen LogP contribution in [0.2, 0.25) is 0 Å². The van der Waals surface area contributed by atoms with Gasteiger partial charge in [-0.2, -0.15) is 0 Å². The number of cyclic esters (lactones) is 1. The lowest BCUT2D eigenvalue weighted by Crippen LogP contribution is -2.05. The smallest absolute Gasteiger partial charge is 0.363 e. The molecule has 0 aliphatic carbocycles. The van der Waals surface area contributed by atoms with Gasteiger partial charge in [0.2, 0.25) is 0 Å². The molecule has 1 aliphatic heterocycles. The number of esters is 1. The molecular formula is C13H10FNO4. The summed E-state index contributed by atoms with van der Waals surface area (Å²) in [4.78, 5) is 25.5. The topological polar surface area (TPSA) is 76.0 Å². The molecule has 1 heterocycles. The number of carbonyl (C=O) groups is 2. The fourth-order valence-electron chi connectivity index (χ4n) is 1.62. The van der Waals surface area contributed by atoms with E-state index in [1.54, 1.807) is 12.1 Å². The van der Waals surface area contributed by atoms with Crippen LogP contribution in [-0.2, 0) is 20.7 Å². The van der Waals surface area contributed by atoms with Crippen molar-refractivity contribution in [2.24, 2.45) is 4.99 Å². The minimum atomic E-state index is -1.26. The number of ether oxygens (including phenoxy) is 1. The van der Waals surface area contributed by atoms with Gasteiger partial charge in [0.15, 0.2) is 11.6 Å². The highest BCUT2D eigenvalue weighted by Crippen LogP contribution is 2.15. The zero-order valence-electron chi connectivity index (χ0n) is 9.80. The summed E-state index contributed by atoms with van der Waals surface area (Å²) >= 11 is 0. The summed E-state index contributed by atoms with van der Waals surface area (Å²) in [5, 5.41) is 8.52. The van der Waals surface area contributed by atoms with Crippen LogP contribution in [-0.4, -0.2) is 22.9 Å². The highest BCUT2D eigenvalue weighted by atomic mass is 19.1. The van der Waals surface area contributed by atoms with Crippen LogP contribution in [0.25, 0.3) is 0 Å². The van der Waals surface area contributed by atoms with Gasteiger partial charge < -0.3 is 9.84 Å². The molecule has 0 unspecified atom stereocenters. The van der Waals surface area contributed by atoms with Crippen molar-refractivity contribution in [2.45, 2.75) is 12.8 Å². The monoisotopic (exact) mass is 263 g/mol. The van der Waals surface area contributed by atoms with Gasteiger partial charge >= 0.3 is 11.9 Å². The fourth-order valence-corrected chi connectivity index (χ4v) is 1.62. The second-order valence-corrected chi connectivity index (χ2v) is 3.89. The molecule has 0 radical (unpaired) electrons. The van der Waals surface area contributed by atoms with Crippen LogP contribution in [0.5, 0.6) is 0 Å². The van der Waals surface area contributed by atoms with E-state index in [1.807, 2.05) is 0 Å². The SMILES string of the molecule is O=C(O)/C=C1/N=C(CCc2cccc(F)c2)OC1=O. The second-order valence-electron chi connectivity index (χ2n) is 3.89. The van der Waals surface area contributed by atoms with E-state index in [0.29, 0.717) is 18.9 Å². The predicted octanol–water partition coefficient (Wildman–Crippen LogP) is 1.68. The first-order valence-electron chi connectivity index (χ1n) is 5.53. The Labute approximate surface area is 108 Å². The molecule has 1 aromatic rings. The molecule has 0 saturated carbocycles. The van der Waals surface area contributed by atoms with Gasteiger partial charge in [-0.3, -0.25) is 0 Å². The molecular weight excluding hydrogens is 253 g/mol. The molecule has 0 saturated heterocycles. The van der Waals surface area contributed by atoms with Crippen LogP contribution in [0.4, 0.5) is 4.39 Å². The molecule has 1 aromatic carbocycles. The number of carbonyl (C=O) groups excluding carboxylic acids is 1. The molecule has 19 heavy (non-hydrogen) atoms. The van der Waals surface area contributed by atoms with Gasteiger partial charge in [-0.1, -0.05) is 12.1 Å². The van der Waals surface area contributed by atoms with Crippen LogP contribution >= 0.6 is 0 Å². The maximum atomic E-state index is 12.9. The lowest BCUT2D eigenvalue weighted by Gasteiger charge is -2.00. The van der Waals surface area contributed by atoms with Crippen LogP contribution in [0, 0.1) is 5.82 Å². The normalized spacial score (nSPS) is 16.4. The number of benzene rings is 1. The van der Waals surface area contributed by atoms with Crippen LogP contribution in [0.3, 0.4) is 0 Å². The van der Waals surface area contributed by atoms with E-state index in [4.69, 9.17) is 9.84 Å². The van der Waals surface area contributed by atoms with Crippen LogP contribution in [0.15, 0.2) is 41.0 Å². The van der Waals surface area contributed by atoms with E-state index in [0.717, 1.165) is 5.56 Å². The number of carboxylic acid groups (broad SMARTS) is 1. The number of rotatable bonds is 4. The third kappa shape index (κ3) is 3.48. The van der Waals surface area contributed by atoms with Gasteiger partial charge in [-0.05, 0) is 24.1 Å². The van der Waals surface area contributed by atoms with Gasteiger partial charge in [-0.15, -0.1) is 0 Å². The summed E-state index contributed by atoms with van der Waals surface area (Å²) in [6, 6.07) is 6.05. The minimum Gasteiger partial charge on any atom is -0.478 e. The molecule has 0 fully saturated rings. The van der Waals surface area contributed by atoms with Crippen molar-refractivity contribution < 1.29 is 23.8 Å². The highest BCUT2D eigenvalue weighted by molar-refractivity contribution is 6.07. The van der Waals surface area contributed by atoms with Gasteiger partial charge in [0.1, 0.15) is 5.82 Å². The molecule has 1 N–H and O–H groups in total.